The molecule has 0 N–H and O–H groups in total. The second kappa shape index (κ2) is 8.54. The normalized spacial score (nSPS) is 15.0. The summed E-state index contributed by atoms with van der Waals surface area (Å²) in [6, 6.07) is 17.8. The summed E-state index contributed by atoms with van der Waals surface area (Å²) in [5, 5.41) is 7.46. The van der Waals surface area contributed by atoms with Gasteiger partial charge in [-0.2, -0.15) is 0 Å². The molecule has 5 aromatic rings. The molecule has 188 valence electrons. The highest BCUT2D eigenvalue weighted by Gasteiger charge is 2.23. The van der Waals surface area contributed by atoms with Crippen LogP contribution in [0.2, 0.25) is 0 Å². The first-order valence-electron chi connectivity index (χ1n) is 14.0. The number of hydrogen-bond donors (Lipinski definition) is 0. The fourth-order valence-corrected chi connectivity index (χ4v) is 6.74. The first kappa shape index (κ1) is 22.5. The van der Waals surface area contributed by atoms with Gasteiger partial charge in [0.1, 0.15) is 11.5 Å². The molecule has 3 aliphatic rings. The highest BCUT2D eigenvalue weighted by Crippen LogP contribution is 2.44. The molecule has 3 aliphatic carbocycles. The summed E-state index contributed by atoms with van der Waals surface area (Å²) in [4.78, 5) is 4.62. The van der Waals surface area contributed by atoms with Crippen molar-refractivity contribution in [2.75, 3.05) is 0 Å². The third-order valence-electron chi connectivity index (χ3n) is 8.80. The van der Waals surface area contributed by atoms with Crippen molar-refractivity contribution in [1.82, 2.24) is 4.98 Å². The molecule has 2 heteroatoms. The summed E-state index contributed by atoms with van der Waals surface area (Å²) in [7, 11) is 0. The molecule has 8 rings (SSSR count). The summed E-state index contributed by atoms with van der Waals surface area (Å²) in [6.45, 7) is 4.28. The third kappa shape index (κ3) is 3.37. The van der Waals surface area contributed by atoms with Crippen molar-refractivity contribution >= 4 is 45.3 Å². The SMILES string of the molecule is Cc1ccc(Oc2c3c(c(-c4ccc5c6c7c(ccc46)C=CCC7=CC5)c4cnccc24)=CCCC=3)cc1C. The van der Waals surface area contributed by atoms with Crippen LogP contribution in [-0.2, 0) is 6.42 Å². The predicted octanol–water partition coefficient (Wildman–Crippen LogP) is 8.18. The van der Waals surface area contributed by atoms with E-state index in [4.69, 9.17) is 4.74 Å². The van der Waals surface area contributed by atoms with E-state index >= 15 is 0 Å². The Morgan fingerprint density at radius 1 is 0.744 bits per heavy atom. The van der Waals surface area contributed by atoms with Gasteiger partial charge in [-0.3, -0.25) is 4.98 Å². The average molecular weight is 504 g/mol. The Morgan fingerprint density at radius 2 is 1.64 bits per heavy atom. The minimum absolute atomic E-state index is 0.876. The second-order valence-corrected chi connectivity index (χ2v) is 11.1. The second-order valence-electron chi connectivity index (χ2n) is 11.1. The van der Waals surface area contributed by atoms with Crippen LogP contribution in [0.1, 0.15) is 47.1 Å². The number of rotatable bonds is 3. The van der Waals surface area contributed by atoms with E-state index in [1.165, 1.54) is 65.7 Å². The number of pyridine rings is 1. The van der Waals surface area contributed by atoms with Crippen LogP contribution in [0.5, 0.6) is 11.5 Å². The Hall–Kier alpha value is -4.43. The van der Waals surface area contributed by atoms with Crippen molar-refractivity contribution in [2.45, 2.75) is 39.5 Å². The number of allylic oxidation sites excluding steroid dienone is 3. The molecule has 2 nitrogen and oxygen atoms in total. The van der Waals surface area contributed by atoms with Crippen LogP contribution in [0, 0.1) is 13.8 Å². The Bertz CT molecular complexity index is 2060. The summed E-state index contributed by atoms with van der Waals surface area (Å²) < 4.78 is 6.73. The maximum Gasteiger partial charge on any atom is 0.142 e. The van der Waals surface area contributed by atoms with Gasteiger partial charge < -0.3 is 4.74 Å². The van der Waals surface area contributed by atoms with E-state index < -0.39 is 0 Å². The third-order valence-corrected chi connectivity index (χ3v) is 8.80. The fourth-order valence-electron chi connectivity index (χ4n) is 6.74. The quantitative estimate of drug-likeness (QED) is 0.248. The minimum atomic E-state index is 0.876. The lowest BCUT2D eigenvalue weighted by atomic mass is 9.79. The van der Waals surface area contributed by atoms with Crippen LogP contribution >= 0.6 is 0 Å². The van der Waals surface area contributed by atoms with Gasteiger partial charge in [-0.1, -0.05) is 60.7 Å². The van der Waals surface area contributed by atoms with Crippen molar-refractivity contribution in [1.29, 1.82) is 0 Å². The van der Waals surface area contributed by atoms with Gasteiger partial charge >= 0.3 is 0 Å². The first-order chi connectivity index (χ1) is 19.2. The maximum absolute atomic E-state index is 6.73. The smallest absolute Gasteiger partial charge is 0.142 e. The highest BCUT2D eigenvalue weighted by atomic mass is 16.5. The number of benzene rings is 4. The van der Waals surface area contributed by atoms with Crippen molar-refractivity contribution in [3.63, 3.8) is 0 Å². The standard InChI is InChI=1S/C37H29NO/c1-22-10-15-27(20-23(22)2)39-37-31-9-4-3-8-28(31)36(33-21-38-19-18-32(33)37)30-17-14-26-12-11-24-6-5-7-25-13-16-29(30)35(26)34(24)25/h5,7-11,13-21H,3-4,6,12H2,1-2H3. The van der Waals surface area contributed by atoms with Crippen molar-refractivity contribution in [3.8, 4) is 22.6 Å². The van der Waals surface area contributed by atoms with Gasteiger partial charge in [0.15, 0.2) is 0 Å². The molecule has 0 saturated carbocycles. The van der Waals surface area contributed by atoms with Gasteiger partial charge in [0.2, 0.25) is 0 Å². The zero-order chi connectivity index (χ0) is 26.1. The number of fused-ring (bicyclic) bond motifs is 2. The first-order valence-corrected chi connectivity index (χ1v) is 14.0. The zero-order valence-electron chi connectivity index (χ0n) is 22.3. The van der Waals surface area contributed by atoms with Crippen molar-refractivity contribution < 1.29 is 4.74 Å². The Labute approximate surface area is 228 Å². The number of aromatic nitrogens is 1. The molecule has 1 aromatic heterocycles. The van der Waals surface area contributed by atoms with Crippen LogP contribution in [0.3, 0.4) is 0 Å². The van der Waals surface area contributed by atoms with Gasteiger partial charge in [0.05, 0.1) is 0 Å². The lowest BCUT2D eigenvalue weighted by molar-refractivity contribution is 0.483. The Balaban J connectivity index is 1.45. The van der Waals surface area contributed by atoms with Crippen molar-refractivity contribution in [2.24, 2.45) is 0 Å². The monoisotopic (exact) mass is 503 g/mol. The van der Waals surface area contributed by atoms with Gasteiger partial charge in [-0.05, 0) is 118 Å². The van der Waals surface area contributed by atoms with E-state index in [9.17, 15) is 0 Å². The minimum Gasteiger partial charge on any atom is -0.456 e. The molecule has 0 aliphatic heterocycles. The van der Waals surface area contributed by atoms with Crippen molar-refractivity contribution in [3.05, 3.63) is 111 Å². The van der Waals surface area contributed by atoms with Gasteiger partial charge in [0.25, 0.3) is 0 Å². The van der Waals surface area contributed by atoms with E-state index in [1.54, 1.807) is 0 Å². The van der Waals surface area contributed by atoms with Gasteiger partial charge in [0, 0.05) is 28.4 Å². The van der Waals surface area contributed by atoms with E-state index in [-0.39, 0.29) is 0 Å². The topological polar surface area (TPSA) is 22.1 Å². The van der Waals surface area contributed by atoms with E-state index in [1.807, 2.05) is 12.4 Å². The molecule has 0 radical (unpaired) electrons. The Morgan fingerprint density at radius 3 is 2.54 bits per heavy atom. The molecule has 0 bridgehead atoms. The molecule has 0 spiro atoms. The summed E-state index contributed by atoms with van der Waals surface area (Å²) in [5.41, 5.74) is 10.7. The van der Waals surface area contributed by atoms with E-state index in [2.05, 4.69) is 97.7 Å². The fraction of sp³-hybridized carbons (Fsp3) is 0.162. The predicted molar refractivity (Wildman–Crippen MR) is 163 cm³/mol. The van der Waals surface area contributed by atoms with Gasteiger partial charge in [-0.15, -0.1) is 0 Å². The van der Waals surface area contributed by atoms with E-state index in [0.29, 0.717) is 0 Å². The number of hydrogen-bond acceptors (Lipinski definition) is 2. The molecule has 0 unspecified atom stereocenters. The summed E-state index contributed by atoms with van der Waals surface area (Å²) in [5.74, 6) is 1.81. The van der Waals surface area contributed by atoms with Crippen LogP contribution in [-0.4, -0.2) is 4.98 Å². The van der Waals surface area contributed by atoms with E-state index in [0.717, 1.165) is 48.0 Å². The van der Waals surface area contributed by atoms with Crippen LogP contribution in [0.4, 0.5) is 0 Å². The lowest BCUT2D eigenvalue weighted by Gasteiger charge is -2.25. The molecule has 0 fully saturated rings. The molecule has 39 heavy (non-hydrogen) atoms. The average Bonchev–Trinajstić information content (AvgIpc) is 2.98. The molecule has 0 atom stereocenters. The molecule has 0 amide bonds. The summed E-state index contributed by atoms with van der Waals surface area (Å²) in [6.07, 6.45) is 19.7. The molecule has 1 heterocycles. The molecule has 0 saturated heterocycles. The largest absolute Gasteiger partial charge is 0.456 e. The van der Waals surface area contributed by atoms with Crippen LogP contribution < -0.4 is 15.2 Å². The number of ether oxygens (including phenoxy) is 1. The lowest BCUT2D eigenvalue weighted by Crippen LogP contribution is -2.31. The zero-order valence-corrected chi connectivity index (χ0v) is 22.3. The number of aryl methyl sites for hydroxylation is 2. The molecular formula is C37H29NO. The number of nitrogens with zero attached hydrogens (tertiary/aromatic N) is 1. The van der Waals surface area contributed by atoms with Crippen LogP contribution in [0.25, 0.3) is 56.5 Å². The molecular weight excluding hydrogens is 474 g/mol. The summed E-state index contributed by atoms with van der Waals surface area (Å²) >= 11 is 0. The Kier molecular flexibility index (Phi) is 4.94. The highest BCUT2D eigenvalue weighted by molar-refractivity contribution is 6.12. The van der Waals surface area contributed by atoms with Crippen LogP contribution in [0.15, 0.2) is 73.1 Å². The maximum atomic E-state index is 6.73. The van der Waals surface area contributed by atoms with Gasteiger partial charge in [-0.25, -0.2) is 0 Å². The molecule has 4 aromatic carbocycles.